The largest absolute Gasteiger partial charge is 0.313 e. The first-order valence-electron chi connectivity index (χ1n) is 6.92. The number of hydrogen-bond acceptors (Lipinski definition) is 2. The topological polar surface area (TPSA) is 12.0 Å². The van der Waals surface area contributed by atoms with Crippen molar-refractivity contribution in [3.8, 4) is 0 Å². The van der Waals surface area contributed by atoms with Gasteiger partial charge in [-0.1, -0.05) is 31.2 Å². The van der Waals surface area contributed by atoms with E-state index in [4.69, 9.17) is 0 Å². The van der Waals surface area contributed by atoms with E-state index in [1.54, 1.807) is 5.56 Å². The van der Waals surface area contributed by atoms with E-state index in [2.05, 4.69) is 43.1 Å². The Hall–Kier alpha value is -0.730. The highest BCUT2D eigenvalue weighted by Gasteiger charge is 2.29. The molecule has 0 amide bonds. The summed E-state index contributed by atoms with van der Waals surface area (Å²) in [5, 5.41) is 3.73. The molecule has 1 aliphatic heterocycles. The molecule has 0 saturated carbocycles. The smallest absolute Gasteiger partial charge is 0.0147 e. The molecule has 0 aliphatic carbocycles. The van der Waals surface area contributed by atoms with Crippen LogP contribution in [0.2, 0.25) is 0 Å². The first kappa shape index (κ1) is 13.7. The lowest BCUT2D eigenvalue weighted by molar-refractivity contribution is 0.431. The Bertz CT molecular complexity index is 388. The van der Waals surface area contributed by atoms with Gasteiger partial charge in [0.2, 0.25) is 0 Å². The van der Waals surface area contributed by atoms with E-state index in [1.165, 1.54) is 23.5 Å². The molecule has 0 radical (unpaired) electrons. The van der Waals surface area contributed by atoms with Crippen LogP contribution < -0.4 is 5.32 Å². The zero-order chi connectivity index (χ0) is 12.8. The Morgan fingerprint density at radius 1 is 1.50 bits per heavy atom. The molecule has 0 spiro atoms. The molecule has 2 unspecified atom stereocenters. The molecule has 1 aliphatic rings. The number of benzene rings is 1. The van der Waals surface area contributed by atoms with Crippen LogP contribution in [0.3, 0.4) is 0 Å². The molecule has 2 rings (SSSR count). The van der Waals surface area contributed by atoms with E-state index in [0.717, 1.165) is 13.0 Å². The minimum absolute atomic E-state index is 0.596. The van der Waals surface area contributed by atoms with Crippen molar-refractivity contribution in [2.24, 2.45) is 0 Å². The maximum absolute atomic E-state index is 3.85. The third-order valence-electron chi connectivity index (χ3n) is 3.56. The molecule has 0 bridgehead atoms. The number of allylic oxidation sites excluding steroid dienone is 1. The summed E-state index contributed by atoms with van der Waals surface area (Å²) in [6, 6.07) is 9.46. The second-order valence-corrected chi connectivity index (χ2v) is 5.94. The van der Waals surface area contributed by atoms with Gasteiger partial charge in [-0.15, -0.1) is 18.3 Å². The zero-order valence-electron chi connectivity index (χ0n) is 11.2. The highest BCUT2D eigenvalue weighted by atomic mass is 32.2. The van der Waals surface area contributed by atoms with Crippen molar-refractivity contribution in [2.75, 3.05) is 12.3 Å². The van der Waals surface area contributed by atoms with Crippen LogP contribution in [0.5, 0.6) is 0 Å². The maximum atomic E-state index is 3.85. The van der Waals surface area contributed by atoms with Gasteiger partial charge in [0.05, 0.1) is 0 Å². The standard InChI is InChI=1S/C16H23NS/c1-3-5-9-15(17-11-4-2)14-12-18-16-10-7-6-8-13(14)16/h3,6-8,10,14-15,17H,1,4-5,9,11-12H2,2H3. The van der Waals surface area contributed by atoms with Crippen LogP contribution in [-0.4, -0.2) is 18.3 Å². The number of rotatable bonds is 7. The molecule has 0 fully saturated rings. The molecule has 2 heteroatoms. The van der Waals surface area contributed by atoms with Gasteiger partial charge in [0.1, 0.15) is 0 Å². The van der Waals surface area contributed by atoms with Gasteiger partial charge in [-0.25, -0.2) is 0 Å². The quantitative estimate of drug-likeness (QED) is 0.738. The molecule has 1 N–H and O–H groups in total. The van der Waals surface area contributed by atoms with E-state index < -0.39 is 0 Å². The number of hydrogen-bond donors (Lipinski definition) is 1. The van der Waals surface area contributed by atoms with Crippen molar-refractivity contribution < 1.29 is 0 Å². The van der Waals surface area contributed by atoms with Gasteiger partial charge in [-0.05, 0) is 37.4 Å². The summed E-state index contributed by atoms with van der Waals surface area (Å²) in [6.45, 7) is 7.20. The van der Waals surface area contributed by atoms with E-state index >= 15 is 0 Å². The van der Waals surface area contributed by atoms with Crippen LogP contribution in [-0.2, 0) is 0 Å². The minimum Gasteiger partial charge on any atom is -0.313 e. The first-order valence-corrected chi connectivity index (χ1v) is 7.91. The summed E-state index contributed by atoms with van der Waals surface area (Å²) in [5.41, 5.74) is 1.54. The summed E-state index contributed by atoms with van der Waals surface area (Å²) in [5.74, 6) is 1.88. The molecule has 0 aromatic heterocycles. The third kappa shape index (κ3) is 3.18. The van der Waals surface area contributed by atoms with Gasteiger partial charge in [-0.3, -0.25) is 0 Å². The van der Waals surface area contributed by atoms with E-state index in [-0.39, 0.29) is 0 Å². The monoisotopic (exact) mass is 261 g/mol. The Morgan fingerprint density at radius 2 is 2.33 bits per heavy atom. The highest BCUT2D eigenvalue weighted by Crippen LogP contribution is 2.41. The van der Waals surface area contributed by atoms with Crippen LogP contribution in [0.15, 0.2) is 41.8 Å². The van der Waals surface area contributed by atoms with Gasteiger partial charge in [-0.2, -0.15) is 0 Å². The van der Waals surface area contributed by atoms with E-state index in [0.29, 0.717) is 12.0 Å². The lowest BCUT2D eigenvalue weighted by Gasteiger charge is -2.25. The highest BCUT2D eigenvalue weighted by molar-refractivity contribution is 7.99. The molecule has 1 aromatic rings. The average molecular weight is 261 g/mol. The molecule has 1 nitrogen and oxygen atoms in total. The summed E-state index contributed by atoms with van der Waals surface area (Å²) < 4.78 is 0. The lowest BCUT2D eigenvalue weighted by atomic mass is 9.90. The van der Waals surface area contributed by atoms with Crippen molar-refractivity contribution in [3.05, 3.63) is 42.5 Å². The second-order valence-electron chi connectivity index (χ2n) is 4.88. The minimum atomic E-state index is 0.596. The fourth-order valence-corrected chi connectivity index (χ4v) is 3.93. The summed E-state index contributed by atoms with van der Waals surface area (Å²) in [6.07, 6.45) is 5.54. The molecule has 1 heterocycles. The van der Waals surface area contributed by atoms with Crippen LogP contribution >= 0.6 is 11.8 Å². The predicted octanol–water partition coefficient (Wildman–Crippen LogP) is 4.21. The normalized spacial score (nSPS) is 19.5. The van der Waals surface area contributed by atoms with Crippen LogP contribution in [0.25, 0.3) is 0 Å². The van der Waals surface area contributed by atoms with Crippen molar-refractivity contribution in [1.29, 1.82) is 0 Å². The van der Waals surface area contributed by atoms with Crippen molar-refractivity contribution in [2.45, 2.75) is 43.0 Å². The number of thioether (sulfide) groups is 1. The summed E-state index contributed by atoms with van der Waals surface area (Å²) in [4.78, 5) is 1.48. The molecule has 2 atom stereocenters. The molecule has 18 heavy (non-hydrogen) atoms. The Kier molecular flexibility index (Phi) is 5.33. The Labute approximate surface area is 115 Å². The van der Waals surface area contributed by atoms with E-state index in [1.807, 2.05) is 17.8 Å². The summed E-state index contributed by atoms with van der Waals surface area (Å²) in [7, 11) is 0. The average Bonchev–Trinajstić information content (AvgIpc) is 2.83. The molecule has 0 saturated heterocycles. The first-order chi connectivity index (χ1) is 8.86. The van der Waals surface area contributed by atoms with Crippen LogP contribution in [0, 0.1) is 0 Å². The maximum Gasteiger partial charge on any atom is 0.0147 e. The number of nitrogens with one attached hydrogen (secondary N) is 1. The zero-order valence-corrected chi connectivity index (χ0v) is 12.0. The SMILES string of the molecule is C=CCCC(NCCC)C1CSc2ccccc21. The van der Waals surface area contributed by atoms with Gasteiger partial charge in [0.25, 0.3) is 0 Å². The predicted molar refractivity (Wildman–Crippen MR) is 81.4 cm³/mol. The molecule has 1 aromatic carbocycles. The Balaban J connectivity index is 2.08. The number of fused-ring (bicyclic) bond motifs is 1. The van der Waals surface area contributed by atoms with Crippen molar-refractivity contribution in [1.82, 2.24) is 5.32 Å². The fraction of sp³-hybridized carbons (Fsp3) is 0.500. The van der Waals surface area contributed by atoms with Gasteiger partial charge >= 0.3 is 0 Å². The van der Waals surface area contributed by atoms with Crippen LogP contribution in [0.4, 0.5) is 0 Å². The van der Waals surface area contributed by atoms with Gasteiger partial charge in [0.15, 0.2) is 0 Å². The Morgan fingerprint density at radius 3 is 3.11 bits per heavy atom. The van der Waals surface area contributed by atoms with Crippen molar-refractivity contribution >= 4 is 11.8 Å². The molecular weight excluding hydrogens is 238 g/mol. The van der Waals surface area contributed by atoms with Gasteiger partial charge < -0.3 is 5.32 Å². The molecule has 98 valence electrons. The van der Waals surface area contributed by atoms with E-state index in [9.17, 15) is 0 Å². The summed E-state index contributed by atoms with van der Waals surface area (Å²) >= 11 is 2.01. The lowest BCUT2D eigenvalue weighted by Crippen LogP contribution is -2.35. The second kappa shape index (κ2) is 7.01. The molecular formula is C16H23NS. The van der Waals surface area contributed by atoms with Gasteiger partial charge in [0, 0.05) is 22.6 Å². The fourth-order valence-electron chi connectivity index (χ4n) is 2.59. The van der Waals surface area contributed by atoms with Crippen LogP contribution in [0.1, 0.15) is 37.7 Å². The van der Waals surface area contributed by atoms with Crippen molar-refractivity contribution in [3.63, 3.8) is 0 Å². The third-order valence-corrected chi connectivity index (χ3v) is 4.77.